The molecule has 6 nitrogen and oxygen atoms in total. The molecule has 1 aliphatic rings. The van der Waals surface area contributed by atoms with Crippen molar-refractivity contribution < 1.29 is 4.42 Å². The quantitative estimate of drug-likeness (QED) is 0.314. The summed E-state index contributed by atoms with van der Waals surface area (Å²) in [6.45, 7) is 11.5. The lowest BCUT2D eigenvalue weighted by Crippen LogP contribution is -2.46. The predicted octanol–water partition coefficient (Wildman–Crippen LogP) is 6.06. The van der Waals surface area contributed by atoms with Crippen molar-refractivity contribution in [2.75, 3.05) is 31.1 Å². The molecule has 0 unspecified atom stereocenters. The molecule has 1 aliphatic heterocycles. The minimum absolute atomic E-state index is 0.123. The van der Waals surface area contributed by atoms with Gasteiger partial charge in [0.2, 0.25) is 5.89 Å². The van der Waals surface area contributed by atoms with E-state index in [0.29, 0.717) is 5.89 Å². The van der Waals surface area contributed by atoms with Crippen LogP contribution >= 0.6 is 0 Å². The SMILES string of the molecule is CC(C)(C)c1ccc(-c2nc3c(N4CCN(Cc5ccc6nccnc6c5)CC4)cccc3o2)cc1. The maximum Gasteiger partial charge on any atom is 0.227 e. The summed E-state index contributed by atoms with van der Waals surface area (Å²) in [5.74, 6) is 0.677. The summed E-state index contributed by atoms with van der Waals surface area (Å²) in [4.78, 5) is 18.7. The van der Waals surface area contributed by atoms with E-state index in [4.69, 9.17) is 9.40 Å². The predicted molar refractivity (Wildman–Crippen MR) is 145 cm³/mol. The summed E-state index contributed by atoms with van der Waals surface area (Å²) in [5, 5.41) is 0. The molecule has 5 aromatic rings. The van der Waals surface area contributed by atoms with Crippen molar-refractivity contribution >= 4 is 27.8 Å². The van der Waals surface area contributed by atoms with E-state index >= 15 is 0 Å². The van der Waals surface area contributed by atoms with Crippen LogP contribution in [0.15, 0.2) is 77.5 Å². The van der Waals surface area contributed by atoms with Gasteiger partial charge < -0.3 is 9.32 Å². The lowest BCUT2D eigenvalue weighted by molar-refractivity contribution is 0.250. The van der Waals surface area contributed by atoms with Crippen molar-refractivity contribution in [3.05, 3.63) is 84.2 Å². The van der Waals surface area contributed by atoms with Crippen LogP contribution < -0.4 is 4.90 Å². The zero-order chi connectivity index (χ0) is 24.7. The second kappa shape index (κ2) is 9.03. The Kier molecular flexibility index (Phi) is 5.69. The highest BCUT2D eigenvalue weighted by Gasteiger charge is 2.21. The van der Waals surface area contributed by atoms with Crippen molar-refractivity contribution in [1.82, 2.24) is 19.9 Å². The van der Waals surface area contributed by atoms with Crippen LogP contribution in [0.25, 0.3) is 33.6 Å². The number of nitrogens with zero attached hydrogens (tertiary/aromatic N) is 5. The number of anilines is 1. The van der Waals surface area contributed by atoms with Gasteiger partial charge >= 0.3 is 0 Å². The third-order valence-corrected chi connectivity index (χ3v) is 7.05. The minimum atomic E-state index is 0.123. The Morgan fingerprint density at radius 2 is 1.58 bits per heavy atom. The Hall–Kier alpha value is -3.77. The van der Waals surface area contributed by atoms with Gasteiger partial charge in [0.1, 0.15) is 5.52 Å². The molecule has 2 aromatic heterocycles. The van der Waals surface area contributed by atoms with E-state index < -0.39 is 0 Å². The van der Waals surface area contributed by atoms with E-state index in [0.717, 1.165) is 66.1 Å². The summed E-state index contributed by atoms with van der Waals surface area (Å²) in [6.07, 6.45) is 3.49. The van der Waals surface area contributed by atoms with Crippen molar-refractivity contribution in [2.45, 2.75) is 32.7 Å². The fraction of sp³-hybridized carbons (Fsp3) is 0.300. The molecule has 0 spiro atoms. The molecule has 3 aromatic carbocycles. The highest BCUT2D eigenvalue weighted by atomic mass is 16.3. The highest BCUT2D eigenvalue weighted by molar-refractivity contribution is 5.89. The minimum Gasteiger partial charge on any atom is -0.436 e. The van der Waals surface area contributed by atoms with Crippen molar-refractivity contribution in [3.63, 3.8) is 0 Å². The summed E-state index contributed by atoms with van der Waals surface area (Å²) in [6, 6.07) is 21.2. The molecule has 0 amide bonds. The van der Waals surface area contributed by atoms with Crippen LogP contribution in [0.1, 0.15) is 31.9 Å². The topological polar surface area (TPSA) is 58.3 Å². The summed E-state index contributed by atoms with van der Waals surface area (Å²) in [7, 11) is 0. The molecule has 0 bridgehead atoms. The Bertz CT molecular complexity index is 1510. The number of fused-ring (bicyclic) bond motifs is 2. The van der Waals surface area contributed by atoms with Crippen molar-refractivity contribution in [2.24, 2.45) is 0 Å². The van der Waals surface area contributed by atoms with Crippen LogP contribution in [-0.2, 0) is 12.0 Å². The average molecular weight is 478 g/mol. The Morgan fingerprint density at radius 1 is 0.833 bits per heavy atom. The molecule has 6 heteroatoms. The van der Waals surface area contributed by atoms with Crippen LogP contribution in [0, 0.1) is 0 Å². The van der Waals surface area contributed by atoms with E-state index in [1.54, 1.807) is 12.4 Å². The molecular formula is C30H31N5O. The van der Waals surface area contributed by atoms with Crippen molar-refractivity contribution in [3.8, 4) is 11.5 Å². The second-order valence-electron chi connectivity index (χ2n) is 10.6. The monoisotopic (exact) mass is 477 g/mol. The van der Waals surface area contributed by atoms with Crippen LogP contribution in [0.4, 0.5) is 5.69 Å². The molecule has 182 valence electrons. The molecule has 6 rings (SSSR count). The Labute approximate surface area is 211 Å². The first kappa shape index (κ1) is 22.7. The lowest BCUT2D eigenvalue weighted by Gasteiger charge is -2.36. The summed E-state index contributed by atoms with van der Waals surface area (Å²) < 4.78 is 6.19. The number of piperazine rings is 1. The van der Waals surface area contributed by atoms with Gasteiger partial charge in [-0.3, -0.25) is 14.9 Å². The van der Waals surface area contributed by atoms with Crippen LogP contribution in [0.5, 0.6) is 0 Å². The molecule has 1 saturated heterocycles. The van der Waals surface area contributed by atoms with Gasteiger partial charge in [0.05, 0.1) is 16.7 Å². The van der Waals surface area contributed by atoms with Gasteiger partial charge in [-0.1, -0.05) is 45.0 Å². The van der Waals surface area contributed by atoms with Gasteiger partial charge in [-0.25, -0.2) is 4.98 Å². The number of benzene rings is 3. The highest BCUT2D eigenvalue weighted by Crippen LogP contribution is 2.32. The maximum atomic E-state index is 6.19. The normalized spacial score (nSPS) is 15.1. The molecule has 0 saturated carbocycles. The first-order valence-electron chi connectivity index (χ1n) is 12.6. The molecule has 0 atom stereocenters. The van der Waals surface area contributed by atoms with Crippen LogP contribution in [-0.4, -0.2) is 46.0 Å². The van der Waals surface area contributed by atoms with Crippen molar-refractivity contribution in [1.29, 1.82) is 0 Å². The Morgan fingerprint density at radius 3 is 2.33 bits per heavy atom. The number of para-hydroxylation sites is 1. The van der Waals surface area contributed by atoms with Gasteiger partial charge in [-0.15, -0.1) is 0 Å². The number of rotatable bonds is 4. The molecule has 0 radical (unpaired) electrons. The number of hydrogen-bond acceptors (Lipinski definition) is 6. The number of oxazole rings is 1. The maximum absolute atomic E-state index is 6.19. The van der Waals surface area contributed by atoms with Crippen LogP contribution in [0.2, 0.25) is 0 Å². The number of hydrogen-bond donors (Lipinski definition) is 0. The smallest absolute Gasteiger partial charge is 0.227 e. The molecule has 0 aliphatic carbocycles. The standard InChI is InChI=1S/C30H31N5O/c1-30(2,3)23-10-8-22(9-11-23)29-33-28-26(5-4-6-27(28)36-29)35-17-15-34(16-18-35)20-21-7-12-24-25(19-21)32-14-13-31-24/h4-14,19H,15-18,20H2,1-3H3. The first-order chi connectivity index (χ1) is 17.4. The van der Waals surface area contributed by atoms with Gasteiger partial charge in [0, 0.05) is 50.7 Å². The van der Waals surface area contributed by atoms with Gasteiger partial charge in [0.25, 0.3) is 0 Å². The molecule has 0 N–H and O–H groups in total. The zero-order valence-electron chi connectivity index (χ0n) is 21.1. The van der Waals surface area contributed by atoms with Crippen LogP contribution in [0.3, 0.4) is 0 Å². The molecule has 3 heterocycles. The van der Waals surface area contributed by atoms with E-state index in [9.17, 15) is 0 Å². The molecular weight excluding hydrogens is 446 g/mol. The van der Waals surface area contributed by atoms with E-state index in [1.165, 1.54) is 11.1 Å². The second-order valence-corrected chi connectivity index (χ2v) is 10.6. The molecule has 1 fully saturated rings. The Balaban J connectivity index is 1.17. The number of aromatic nitrogens is 3. The van der Waals surface area contributed by atoms with E-state index in [1.807, 2.05) is 6.07 Å². The van der Waals surface area contributed by atoms with E-state index in [-0.39, 0.29) is 5.41 Å². The van der Waals surface area contributed by atoms with E-state index in [2.05, 4.69) is 95.1 Å². The average Bonchev–Trinajstić information content (AvgIpc) is 3.33. The lowest BCUT2D eigenvalue weighted by atomic mass is 9.87. The van der Waals surface area contributed by atoms with Gasteiger partial charge in [-0.05, 0) is 52.9 Å². The fourth-order valence-electron chi connectivity index (χ4n) is 4.94. The third-order valence-electron chi connectivity index (χ3n) is 7.05. The summed E-state index contributed by atoms with van der Waals surface area (Å²) >= 11 is 0. The third kappa shape index (κ3) is 4.44. The zero-order valence-corrected chi connectivity index (χ0v) is 21.1. The van der Waals surface area contributed by atoms with Gasteiger partial charge in [-0.2, -0.15) is 0 Å². The summed E-state index contributed by atoms with van der Waals surface area (Å²) in [5.41, 5.74) is 8.53. The first-order valence-corrected chi connectivity index (χ1v) is 12.6. The molecule has 36 heavy (non-hydrogen) atoms. The van der Waals surface area contributed by atoms with Gasteiger partial charge in [0.15, 0.2) is 5.58 Å². The fourth-order valence-corrected chi connectivity index (χ4v) is 4.94. The largest absolute Gasteiger partial charge is 0.436 e.